The number of fused-ring (bicyclic) bond motifs is 1. The molecule has 1 aromatic carbocycles. The van der Waals surface area contributed by atoms with Gasteiger partial charge < -0.3 is 14.5 Å². The number of halogens is 1. The molecule has 0 aliphatic carbocycles. The summed E-state index contributed by atoms with van der Waals surface area (Å²) in [5, 5.41) is 0. The first-order valence-corrected chi connectivity index (χ1v) is 9.45. The normalized spacial score (nSPS) is 20.6. The van der Waals surface area contributed by atoms with Gasteiger partial charge in [0.15, 0.2) is 0 Å². The monoisotopic (exact) mass is 377 g/mol. The highest BCUT2D eigenvalue weighted by Crippen LogP contribution is 2.29. The van der Waals surface area contributed by atoms with Crippen molar-refractivity contribution in [3.63, 3.8) is 0 Å². The molecule has 1 fully saturated rings. The van der Waals surface area contributed by atoms with Gasteiger partial charge in [-0.3, -0.25) is 9.69 Å². The van der Waals surface area contributed by atoms with Crippen LogP contribution in [-0.2, 0) is 16.0 Å². The van der Waals surface area contributed by atoms with Gasteiger partial charge in [-0.25, -0.2) is 9.18 Å². The third-order valence-electron chi connectivity index (χ3n) is 4.94. The Morgan fingerprint density at radius 2 is 1.96 bits per heavy atom. The van der Waals surface area contributed by atoms with Crippen LogP contribution in [-0.4, -0.2) is 66.2 Å². The molecule has 6 nitrogen and oxygen atoms in total. The summed E-state index contributed by atoms with van der Waals surface area (Å²) in [5.74, 6) is -0.356. The Hall–Kier alpha value is -2.15. The van der Waals surface area contributed by atoms with Crippen molar-refractivity contribution in [1.82, 2.24) is 9.80 Å². The van der Waals surface area contributed by atoms with Crippen LogP contribution in [0.4, 0.5) is 14.9 Å². The predicted molar refractivity (Wildman–Crippen MR) is 101 cm³/mol. The zero-order valence-electron chi connectivity index (χ0n) is 16.5. The fraction of sp³-hybridized carbons (Fsp3) is 0.600. The Bertz CT molecular complexity index is 732. The summed E-state index contributed by atoms with van der Waals surface area (Å²) in [6.45, 7) is 10.1. The van der Waals surface area contributed by atoms with Crippen LogP contribution in [0.2, 0.25) is 0 Å². The topological polar surface area (TPSA) is 53.1 Å². The molecule has 3 rings (SSSR count). The Balaban J connectivity index is 1.57. The maximum absolute atomic E-state index is 13.5. The lowest BCUT2D eigenvalue weighted by Gasteiger charge is -2.40. The average Bonchev–Trinajstić information content (AvgIpc) is 2.96. The number of nitrogens with zero attached hydrogens (tertiary/aromatic N) is 3. The van der Waals surface area contributed by atoms with Crippen LogP contribution in [0.5, 0.6) is 0 Å². The second kappa shape index (κ2) is 7.46. The molecule has 1 atom stereocenters. The Kier molecular flexibility index (Phi) is 5.42. The molecule has 0 bridgehead atoms. The van der Waals surface area contributed by atoms with Crippen LogP contribution in [0.25, 0.3) is 0 Å². The number of benzene rings is 1. The van der Waals surface area contributed by atoms with E-state index in [-0.39, 0.29) is 30.4 Å². The number of piperazine rings is 1. The maximum atomic E-state index is 13.5. The third-order valence-corrected chi connectivity index (χ3v) is 4.94. The van der Waals surface area contributed by atoms with Crippen LogP contribution in [0.1, 0.15) is 33.3 Å². The van der Waals surface area contributed by atoms with Gasteiger partial charge in [0.05, 0.1) is 6.54 Å². The average molecular weight is 377 g/mol. The van der Waals surface area contributed by atoms with Gasteiger partial charge in [0.1, 0.15) is 11.4 Å². The maximum Gasteiger partial charge on any atom is 0.410 e. The molecule has 0 radical (unpaired) electrons. The zero-order valence-corrected chi connectivity index (χ0v) is 16.5. The Morgan fingerprint density at radius 1 is 1.22 bits per heavy atom. The molecule has 2 aliphatic heterocycles. The highest BCUT2D eigenvalue weighted by molar-refractivity contribution is 5.96. The molecule has 2 aliphatic rings. The van der Waals surface area contributed by atoms with E-state index in [1.165, 1.54) is 12.1 Å². The number of carbonyl (C=O) groups is 2. The van der Waals surface area contributed by atoms with Crippen LogP contribution in [0, 0.1) is 5.82 Å². The van der Waals surface area contributed by atoms with Gasteiger partial charge in [0.2, 0.25) is 5.91 Å². The first-order valence-electron chi connectivity index (χ1n) is 9.45. The lowest BCUT2D eigenvalue weighted by atomic mass is 10.1. The Labute approximate surface area is 159 Å². The van der Waals surface area contributed by atoms with E-state index in [2.05, 4.69) is 0 Å². The van der Waals surface area contributed by atoms with Gasteiger partial charge in [-0.1, -0.05) is 6.07 Å². The van der Waals surface area contributed by atoms with E-state index < -0.39 is 5.60 Å². The highest BCUT2D eigenvalue weighted by atomic mass is 19.1. The molecular weight excluding hydrogens is 349 g/mol. The first kappa shape index (κ1) is 19.6. The summed E-state index contributed by atoms with van der Waals surface area (Å²) >= 11 is 0. The lowest BCUT2D eigenvalue weighted by Crippen LogP contribution is -2.56. The fourth-order valence-corrected chi connectivity index (χ4v) is 3.66. The summed E-state index contributed by atoms with van der Waals surface area (Å²) in [7, 11) is 0. The number of amides is 2. The van der Waals surface area contributed by atoms with Gasteiger partial charge in [-0.2, -0.15) is 0 Å². The molecule has 2 amide bonds. The van der Waals surface area contributed by atoms with E-state index in [1.807, 2.05) is 32.6 Å². The van der Waals surface area contributed by atoms with Crippen molar-refractivity contribution in [2.75, 3.05) is 37.6 Å². The molecular formula is C20H28FN3O3. The van der Waals surface area contributed by atoms with Crippen LogP contribution in [0.15, 0.2) is 18.2 Å². The minimum Gasteiger partial charge on any atom is -0.444 e. The first-order chi connectivity index (χ1) is 12.6. The van der Waals surface area contributed by atoms with Crippen molar-refractivity contribution in [1.29, 1.82) is 0 Å². The largest absolute Gasteiger partial charge is 0.444 e. The summed E-state index contributed by atoms with van der Waals surface area (Å²) in [6.07, 6.45) is 0.439. The van der Waals surface area contributed by atoms with E-state index in [0.29, 0.717) is 31.9 Å². The lowest BCUT2D eigenvalue weighted by molar-refractivity contribution is -0.120. The van der Waals surface area contributed by atoms with Gasteiger partial charge in [0, 0.05) is 37.9 Å². The SMILES string of the molecule is CC1CN(CC(=O)N2CCc3ccc(F)cc32)CCN1C(=O)OC(C)(C)C. The van der Waals surface area contributed by atoms with Crippen LogP contribution >= 0.6 is 0 Å². The molecule has 2 heterocycles. The third kappa shape index (κ3) is 4.58. The van der Waals surface area contributed by atoms with Crippen LogP contribution < -0.4 is 4.90 Å². The summed E-state index contributed by atoms with van der Waals surface area (Å²) in [6, 6.07) is 4.58. The zero-order chi connectivity index (χ0) is 19.8. The van der Waals surface area contributed by atoms with E-state index in [0.717, 1.165) is 12.0 Å². The summed E-state index contributed by atoms with van der Waals surface area (Å²) in [4.78, 5) is 30.5. The van der Waals surface area contributed by atoms with Gasteiger partial charge in [0.25, 0.3) is 0 Å². The van der Waals surface area contributed by atoms with Crippen molar-refractivity contribution in [2.45, 2.75) is 45.8 Å². The molecule has 0 aromatic heterocycles. The van der Waals surface area contributed by atoms with Gasteiger partial charge in [-0.05, 0) is 51.8 Å². The molecule has 0 N–H and O–H groups in total. The van der Waals surface area contributed by atoms with E-state index in [9.17, 15) is 14.0 Å². The van der Waals surface area contributed by atoms with E-state index in [4.69, 9.17) is 4.74 Å². The number of hydrogen-bond donors (Lipinski definition) is 0. The number of carbonyl (C=O) groups excluding carboxylic acids is 2. The number of rotatable bonds is 2. The number of anilines is 1. The highest BCUT2D eigenvalue weighted by Gasteiger charge is 2.33. The fourth-order valence-electron chi connectivity index (χ4n) is 3.66. The Morgan fingerprint density at radius 3 is 2.63 bits per heavy atom. The molecule has 0 saturated carbocycles. The molecule has 7 heteroatoms. The van der Waals surface area contributed by atoms with Crippen molar-refractivity contribution < 1.29 is 18.7 Å². The smallest absolute Gasteiger partial charge is 0.410 e. The van der Waals surface area contributed by atoms with Crippen molar-refractivity contribution in [3.05, 3.63) is 29.6 Å². The summed E-state index contributed by atoms with van der Waals surface area (Å²) in [5.41, 5.74) is 1.16. The van der Waals surface area contributed by atoms with Crippen molar-refractivity contribution >= 4 is 17.7 Å². The standard InChI is InChI=1S/C20H28FN3O3/c1-14-12-22(9-10-23(14)19(26)27-20(2,3)4)13-18(25)24-8-7-15-5-6-16(21)11-17(15)24/h5-6,11,14H,7-10,12-13H2,1-4H3. The predicted octanol–water partition coefficient (Wildman–Crippen LogP) is 2.66. The second-order valence-electron chi connectivity index (χ2n) is 8.33. The van der Waals surface area contributed by atoms with Crippen molar-refractivity contribution in [3.8, 4) is 0 Å². The summed E-state index contributed by atoms with van der Waals surface area (Å²) < 4.78 is 19.0. The second-order valence-corrected chi connectivity index (χ2v) is 8.33. The molecule has 0 spiro atoms. The van der Waals surface area contributed by atoms with Gasteiger partial charge in [-0.15, -0.1) is 0 Å². The van der Waals surface area contributed by atoms with E-state index in [1.54, 1.807) is 15.9 Å². The van der Waals surface area contributed by atoms with Crippen LogP contribution in [0.3, 0.4) is 0 Å². The quantitative estimate of drug-likeness (QED) is 0.795. The van der Waals surface area contributed by atoms with Gasteiger partial charge >= 0.3 is 6.09 Å². The minimum absolute atomic E-state index is 0.0303. The molecule has 1 aromatic rings. The minimum atomic E-state index is -0.525. The van der Waals surface area contributed by atoms with Crippen molar-refractivity contribution in [2.24, 2.45) is 0 Å². The number of hydrogen-bond acceptors (Lipinski definition) is 4. The molecule has 148 valence electrons. The number of ether oxygens (including phenoxy) is 1. The molecule has 1 unspecified atom stereocenters. The molecule has 1 saturated heterocycles. The molecule has 27 heavy (non-hydrogen) atoms. The van der Waals surface area contributed by atoms with E-state index >= 15 is 0 Å².